The van der Waals surface area contributed by atoms with Crippen LogP contribution in [-0.2, 0) is 0 Å². The van der Waals surface area contributed by atoms with E-state index in [0.29, 0.717) is 6.42 Å². The van der Waals surface area contributed by atoms with Gasteiger partial charge in [0.2, 0.25) is 0 Å². The number of rotatable bonds is 4. The molecule has 28 heavy (non-hydrogen) atoms. The fraction of sp³-hybridized carbons (Fsp3) is 0.0909. The molecular weight excluding hydrogens is 368 g/mol. The van der Waals surface area contributed by atoms with Crippen molar-refractivity contribution in [2.24, 2.45) is 10.2 Å². The highest BCUT2D eigenvalue weighted by Gasteiger charge is 2.24. The van der Waals surface area contributed by atoms with Crippen molar-refractivity contribution in [1.29, 1.82) is 0 Å². The molecule has 4 aromatic rings. The molecule has 1 N–H and O–H groups in total. The van der Waals surface area contributed by atoms with Gasteiger partial charge in [0.25, 0.3) is 0 Å². The molecule has 136 valence electrons. The Morgan fingerprint density at radius 2 is 1.82 bits per heavy atom. The van der Waals surface area contributed by atoms with Gasteiger partial charge in [0, 0.05) is 47.1 Å². The number of aromatic nitrogens is 2. The lowest BCUT2D eigenvalue weighted by Crippen LogP contribution is -2.06. The van der Waals surface area contributed by atoms with Crippen LogP contribution in [0.25, 0.3) is 21.3 Å². The Balaban J connectivity index is 1.66. The lowest BCUT2D eigenvalue weighted by molar-refractivity contribution is 0.222. The van der Waals surface area contributed by atoms with Crippen molar-refractivity contribution in [1.82, 2.24) is 9.97 Å². The average Bonchev–Trinajstić information content (AvgIpc) is 3.43. The Kier molecular flexibility index (Phi) is 4.27. The van der Waals surface area contributed by atoms with Crippen LogP contribution in [-0.4, -0.2) is 27.0 Å². The first kappa shape index (κ1) is 16.9. The number of hydrogen-bond donors (Lipinski definition) is 1. The fourth-order valence-corrected chi connectivity index (χ4v) is 4.62. The van der Waals surface area contributed by atoms with E-state index in [1.807, 2.05) is 42.5 Å². The van der Waals surface area contributed by atoms with Crippen molar-refractivity contribution in [2.45, 2.75) is 12.5 Å². The predicted octanol–water partition coefficient (Wildman–Crippen LogP) is 4.62. The molecule has 0 radical (unpaired) electrons. The normalized spacial score (nSPS) is 14.4. The maximum absolute atomic E-state index is 11.4. The number of nitrogens with zero attached hydrogens (tertiary/aromatic N) is 4. The summed E-state index contributed by atoms with van der Waals surface area (Å²) in [5.41, 5.74) is 4.51. The Morgan fingerprint density at radius 1 is 0.964 bits per heavy atom. The Morgan fingerprint density at radius 3 is 2.64 bits per heavy atom. The first-order valence-corrected chi connectivity index (χ1v) is 9.77. The van der Waals surface area contributed by atoms with Crippen LogP contribution in [0.5, 0.6) is 0 Å². The highest BCUT2D eigenvalue weighted by Crippen LogP contribution is 2.39. The van der Waals surface area contributed by atoms with E-state index in [1.165, 1.54) is 0 Å². The molecule has 1 aliphatic rings. The summed E-state index contributed by atoms with van der Waals surface area (Å²) in [4.78, 5) is 10.5. The molecule has 1 unspecified atom stereocenters. The van der Waals surface area contributed by atoms with Crippen LogP contribution in [0.4, 0.5) is 0 Å². The number of benzene rings is 1. The van der Waals surface area contributed by atoms with Gasteiger partial charge in [-0.2, -0.15) is 10.2 Å². The van der Waals surface area contributed by atoms with E-state index in [9.17, 15) is 5.11 Å². The zero-order valence-electron chi connectivity index (χ0n) is 14.9. The van der Waals surface area contributed by atoms with Gasteiger partial charge in [-0.05, 0) is 41.5 Å². The van der Waals surface area contributed by atoms with E-state index in [-0.39, 0.29) is 0 Å². The minimum atomic E-state index is -0.780. The molecule has 0 amide bonds. The minimum Gasteiger partial charge on any atom is -0.384 e. The third-order valence-corrected chi connectivity index (χ3v) is 6.05. The maximum Gasteiger partial charge on any atom is 0.106 e. The van der Waals surface area contributed by atoms with E-state index in [4.69, 9.17) is 0 Å². The average molecular weight is 384 g/mol. The van der Waals surface area contributed by atoms with E-state index in [0.717, 1.165) is 43.1 Å². The van der Waals surface area contributed by atoms with Crippen molar-refractivity contribution >= 4 is 34.2 Å². The van der Waals surface area contributed by atoms with Crippen LogP contribution in [0.1, 0.15) is 28.5 Å². The molecule has 0 spiro atoms. The summed E-state index contributed by atoms with van der Waals surface area (Å²) in [5, 5.41) is 20.6. The summed E-state index contributed by atoms with van der Waals surface area (Å²) in [6.45, 7) is 0. The molecule has 0 fully saturated rings. The molecule has 6 heteroatoms. The van der Waals surface area contributed by atoms with Crippen molar-refractivity contribution in [3.8, 4) is 10.4 Å². The summed E-state index contributed by atoms with van der Waals surface area (Å²) < 4.78 is 0. The molecule has 1 aromatic carbocycles. The number of thiophene rings is 1. The van der Waals surface area contributed by atoms with E-state index >= 15 is 0 Å². The Labute approximate surface area is 165 Å². The number of hydrogen-bond acceptors (Lipinski definition) is 6. The summed E-state index contributed by atoms with van der Waals surface area (Å²) >= 11 is 1.62. The second kappa shape index (κ2) is 7.07. The minimum absolute atomic E-state index is 0.674. The van der Waals surface area contributed by atoms with Crippen LogP contribution in [0.3, 0.4) is 0 Å². The van der Waals surface area contributed by atoms with Gasteiger partial charge in [-0.15, -0.1) is 11.3 Å². The smallest absolute Gasteiger partial charge is 0.106 e. The molecule has 0 saturated heterocycles. The van der Waals surface area contributed by atoms with Crippen LogP contribution >= 0.6 is 11.3 Å². The van der Waals surface area contributed by atoms with Gasteiger partial charge in [0.05, 0.1) is 16.1 Å². The van der Waals surface area contributed by atoms with Crippen LogP contribution in [0.2, 0.25) is 0 Å². The van der Waals surface area contributed by atoms with Crippen molar-refractivity contribution < 1.29 is 5.11 Å². The van der Waals surface area contributed by atoms with Crippen molar-refractivity contribution in [3.05, 3.63) is 83.1 Å². The Hall–Kier alpha value is -3.22. The van der Waals surface area contributed by atoms with Crippen molar-refractivity contribution in [3.63, 3.8) is 0 Å². The molecule has 5 nitrogen and oxygen atoms in total. The first-order valence-electron chi connectivity index (χ1n) is 8.96. The number of aliphatic hydroxyl groups excluding tert-OH is 1. The van der Waals surface area contributed by atoms with E-state index < -0.39 is 6.10 Å². The number of pyridine rings is 2. The molecule has 5 rings (SSSR count). The molecule has 0 saturated carbocycles. The number of fused-ring (bicyclic) bond motifs is 1. The standard InChI is InChI=1S/C22H16N4OS/c27-21(16-7-11-24-18-4-2-1-3-15(16)18)17-13-20(14-5-9-23-10-6-14)28-22(17)19-8-12-25-26-19/h1-7,9-13,21,27H,8H2. The van der Waals surface area contributed by atoms with Gasteiger partial charge in [-0.1, -0.05) is 18.2 Å². The van der Waals surface area contributed by atoms with Gasteiger partial charge in [0.1, 0.15) is 6.10 Å². The topological polar surface area (TPSA) is 70.7 Å². The highest BCUT2D eigenvalue weighted by atomic mass is 32.1. The molecule has 1 atom stereocenters. The fourth-order valence-electron chi connectivity index (χ4n) is 3.43. The molecule has 0 aliphatic carbocycles. The monoisotopic (exact) mass is 384 g/mol. The van der Waals surface area contributed by atoms with Crippen LogP contribution in [0.15, 0.2) is 77.3 Å². The molecule has 4 heterocycles. The summed E-state index contributed by atoms with van der Waals surface area (Å²) in [6, 6.07) is 15.7. The van der Waals surface area contributed by atoms with Crippen LogP contribution < -0.4 is 0 Å². The van der Waals surface area contributed by atoms with Gasteiger partial charge in [0.15, 0.2) is 0 Å². The predicted molar refractivity (Wildman–Crippen MR) is 113 cm³/mol. The van der Waals surface area contributed by atoms with E-state index in [1.54, 1.807) is 36.1 Å². The van der Waals surface area contributed by atoms with Gasteiger partial charge >= 0.3 is 0 Å². The summed E-state index contributed by atoms with van der Waals surface area (Å²) in [5.74, 6) is 0. The zero-order chi connectivity index (χ0) is 18.9. The third kappa shape index (κ3) is 2.93. The first-order chi connectivity index (χ1) is 13.8. The molecule has 3 aromatic heterocycles. The van der Waals surface area contributed by atoms with Gasteiger partial charge < -0.3 is 5.11 Å². The lowest BCUT2D eigenvalue weighted by atomic mass is 9.96. The lowest BCUT2D eigenvalue weighted by Gasteiger charge is -2.14. The third-order valence-electron chi connectivity index (χ3n) is 4.80. The van der Waals surface area contributed by atoms with Crippen LogP contribution in [0, 0.1) is 0 Å². The number of para-hydroxylation sites is 1. The quantitative estimate of drug-likeness (QED) is 0.558. The van der Waals surface area contributed by atoms with Crippen molar-refractivity contribution in [2.75, 3.05) is 0 Å². The largest absolute Gasteiger partial charge is 0.384 e. The second-order valence-corrected chi connectivity index (χ2v) is 7.55. The summed E-state index contributed by atoms with van der Waals surface area (Å²) in [6.07, 6.45) is 6.98. The number of aliphatic hydroxyl groups is 1. The van der Waals surface area contributed by atoms with E-state index in [2.05, 4.69) is 26.2 Å². The second-order valence-electron chi connectivity index (χ2n) is 6.50. The molecule has 0 bridgehead atoms. The van der Waals surface area contributed by atoms with Gasteiger partial charge in [-0.3, -0.25) is 9.97 Å². The highest BCUT2D eigenvalue weighted by molar-refractivity contribution is 7.17. The Bertz CT molecular complexity index is 1210. The molecule has 1 aliphatic heterocycles. The SMILES string of the molecule is OC(c1cc(-c2ccncc2)sc1C1=NN=CC1)c1ccnc2ccccc12. The summed E-state index contributed by atoms with van der Waals surface area (Å²) in [7, 11) is 0. The maximum atomic E-state index is 11.4. The zero-order valence-corrected chi connectivity index (χ0v) is 15.7. The van der Waals surface area contributed by atoms with Gasteiger partial charge in [-0.25, -0.2) is 0 Å². The molecular formula is C22H16N4OS.